The lowest BCUT2D eigenvalue weighted by molar-refractivity contribution is -0.122. The number of hydrogen-bond acceptors (Lipinski definition) is 2. The van der Waals surface area contributed by atoms with Gasteiger partial charge in [-0.1, -0.05) is 13.8 Å². The first kappa shape index (κ1) is 11.7. The number of hydrogen-bond donors (Lipinski definition) is 2. The maximum atomic E-state index is 11.1. The van der Waals surface area contributed by atoms with Crippen molar-refractivity contribution in [2.75, 3.05) is 12.4 Å². The molecule has 0 saturated heterocycles. The molecule has 12 heavy (non-hydrogen) atoms. The summed E-state index contributed by atoms with van der Waals surface area (Å²) in [5, 5.41) is 2.64. The van der Waals surface area contributed by atoms with E-state index in [0.717, 1.165) is 0 Å². The molecule has 0 aromatic rings. The van der Waals surface area contributed by atoms with Crippen molar-refractivity contribution < 1.29 is 4.79 Å². The van der Waals surface area contributed by atoms with Crippen LogP contribution in [0.4, 0.5) is 0 Å². The van der Waals surface area contributed by atoms with Crippen molar-refractivity contribution in [2.45, 2.75) is 26.3 Å². The maximum Gasteiger partial charge on any atom is 0.236 e. The second kappa shape index (κ2) is 6.26. The Morgan fingerprint density at radius 2 is 2.17 bits per heavy atom. The van der Waals surface area contributed by atoms with Gasteiger partial charge >= 0.3 is 0 Å². The normalized spacial score (nSPS) is 13.1. The quantitative estimate of drug-likeness (QED) is 0.631. The van der Waals surface area contributed by atoms with Crippen LogP contribution in [-0.2, 0) is 4.79 Å². The molecule has 0 radical (unpaired) electrons. The van der Waals surface area contributed by atoms with Gasteiger partial charge in [0.05, 0.1) is 6.04 Å². The Balaban J connectivity index is 3.61. The Hall–Kier alpha value is -0.280. The van der Waals surface area contributed by atoms with Crippen molar-refractivity contribution in [1.82, 2.24) is 5.32 Å². The number of alkyl halides is 1. The summed E-state index contributed by atoms with van der Waals surface area (Å²) < 4.78 is 0. The third-order valence-corrected chi connectivity index (χ3v) is 1.64. The number of nitrogens with one attached hydrogen (secondary N) is 1. The Morgan fingerprint density at radius 1 is 1.58 bits per heavy atom. The first-order chi connectivity index (χ1) is 5.57. The van der Waals surface area contributed by atoms with Gasteiger partial charge in [0.2, 0.25) is 5.91 Å². The summed E-state index contributed by atoms with van der Waals surface area (Å²) in [6, 6.07) is -0.395. The number of carbonyl (C=O) groups excluding carboxylic acids is 1. The summed E-state index contributed by atoms with van der Waals surface area (Å²) in [5.74, 6) is 0.770. The van der Waals surface area contributed by atoms with Crippen LogP contribution in [0.2, 0.25) is 0 Å². The van der Waals surface area contributed by atoms with Gasteiger partial charge in [-0.15, -0.1) is 11.6 Å². The van der Waals surface area contributed by atoms with E-state index in [1.54, 1.807) is 0 Å². The molecule has 0 aliphatic heterocycles. The van der Waals surface area contributed by atoms with E-state index in [2.05, 4.69) is 5.32 Å². The predicted molar refractivity (Wildman–Crippen MR) is 51.2 cm³/mol. The summed E-state index contributed by atoms with van der Waals surface area (Å²) in [5.41, 5.74) is 5.60. The molecule has 4 heteroatoms. The van der Waals surface area contributed by atoms with Crippen molar-refractivity contribution in [1.29, 1.82) is 0 Å². The van der Waals surface area contributed by atoms with Gasteiger partial charge in [-0.3, -0.25) is 4.79 Å². The van der Waals surface area contributed by atoms with Crippen LogP contribution in [0.1, 0.15) is 20.3 Å². The number of carbonyl (C=O) groups is 1. The molecule has 0 heterocycles. The van der Waals surface area contributed by atoms with Crippen molar-refractivity contribution >= 4 is 17.5 Å². The van der Waals surface area contributed by atoms with Gasteiger partial charge in [0.25, 0.3) is 0 Å². The minimum absolute atomic E-state index is 0.107. The molecule has 3 nitrogen and oxygen atoms in total. The monoisotopic (exact) mass is 192 g/mol. The summed E-state index contributed by atoms with van der Waals surface area (Å²) >= 11 is 5.40. The SMILES string of the molecule is CC(C)CC(N)C(=O)NCCCl. The van der Waals surface area contributed by atoms with Crippen LogP contribution in [0, 0.1) is 5.92 Å². The lowest BCUT2D eigenvalue weighted by Crippen LogP contribution is -2.42. The molecule has 3 N–H and O–H groups in total. The van der Waals surface area contributed by atoms with Crippen molar-refractivity contribution in [2.24, 2.45) is 11.7 Å². The molecule has 0 aromatic heterocycles. The molecule has 1 unspecified atom stereocenters. The van der Waals surface area contributed by atoms with E-state index in [9.17, 15) is 4.79 Å². The largest absolute Gasteiger partial charge is 0.354 e. The van der Waals surface area contributed by atoms with E-state index in [1.165, 1.54) is 0 Å². The third-order valence-electron chi connectivity index (χ3n) is 1.46. The molecular weight excluding hydrogens is 176 g/mol. The average Bonchev–Trinajstić information content (AvgIpc) is 1.98. The predicted octanol–water partition coefficient (Wildman–Crippen LogP) is 0.715. The number of halogens is 1. The molecule has 0 fully saturated rings. The zero-order valence-corrected chi connectivity index (χ0v) is 8.40. The average molecular weight is 193 g/mol. The highest BCUT2D eigenvalue weighted by molar-refractivity contribution is 6.18. The van der Waals surface area contributed by atoms with Crippen LogP contribution in [0.25, 0.3) is 0 Å². The first-order valence-electron chi connectivity index (χ1n) is 4.17. The number of rotatable bonds is 5. The van der Waals surface area contributed by atoms with Crippen LogP contribution >= 0.6 is 11.6 Å². The highest BCUT2D eigenvalue weighted by Gasteiger charge is 2.13. The van der Waals surface area contributed by atoms with Gasteiger partial charge in [-0.05, 0) is 12.3 Å². The summed E-state index contributed by atoms with van der Waals surface area (Å²) in [4.78, 5) is 11.1. The third kappa shape index (κ3) is 5.38. The van der Waals surface area contributed by atoms with E-state index in [4.69, 9.17) is 17.3 Å². The summed E-state index contributed by atoms with van der Waals surface area (Å²) in [7, 11) is 0. The maximum absolute atomic E-state index is 11.1. The summed E-state index contributed by atoms with van der Waals surface area (Å²) in [6.07, 6.45) is 0.716. The van der Waals surface area contributed by atoms with Crippen LogP contribution < -0.4 is 11.1 Å². The second-order valence-corrected chi connectivity index (χ2v) is 3.59. The minimum atomic E-state index is -0.395. The van der Waals surface area contributed by atoms with Crippen LogP contribution in [0.3, 0.4) is 0 Å². The molecule has 1 atom stereocenters. The molecule has 0 aromatic carbocycles. The topological polar surface area (TPSA) is 55.1 Å². The van der Waals surface area contributed by atoms with Crippen LogP contribution in [0.15, 0.2) is 0 Å². The van der Waals surface area contributed by atoms with Crippen molar-refractivity contribution in [3.8, 4) is 0 Å². The van der Waals surface area contributed by atoms with E-state index < -0.39 is 6.04 Å². The highest BCUT2D eigenvalue weighted by Crippen LogP contribution is 2.02. The smallest absolute Gasteiger partial charge is 0.236 e. The van der Waals surface area contributed by atoms with Gasteiger partial charge in [-0.2, -0.15) is 0 Å². The Kier molecular flexibility index (Phi) is 6.11. The molecule has 72 valence electrons. The molecule has 0 saturated carbocycles. The van der Waals surface area contributed by atoms with Gasteiger partial charge in [-0.25, -0.2) is 0 Å². The number of amides is 1. The fourth-order valence-corrected chi connectivity index (χ4v) is 1.01. The van der Waals surface area contributed by atoms with E-state index >= 15 is 0 Å². The summed E-state index contributed by atoms with van der Waals surface area (Å²) in [6.45, 7) is 4.57. The van der Waals surface area contributed by atoms with E-state index in [-0.39, 0.29) is 5.91 Å². The van der Waals surface area contributed by atoms with Crippen LogP contribution in [0.5, 0.6) is 0 Å². The second-order valence-electron chi connectivity index (χ2n) is 3.22. The molecule has 0 aliphatic carbocycles. The molecule has 0 rings (SSSR count). The Morgan fingerprint density at radius 3 is 2.58 bits per heavy atom. The Labute approximate surface area is 78.6 Å². The molecule has 1 amide bonds. The zero-order chi connectivity index (χ0) is 9.56. The van der Waals surface area contributed by atoms with E-state index in [0.29, 0.717) is 24.8 Å². The van der Waals surface area contributed by atoms with Gasteiger partial charge in [0.15, 0.2) is 0 Å². The molecule has 0 aliphatic rings. The Bertz CT molecular complexity index is 139. The lowest BCUT2D eigenvalue weighted by Gasteiger charge is -2.13. The minimum Gasteiger partial charge on any atom is -0.354 e. The molecule has 0 spiro atoms. The standard InChI is InChI=1S/C8H17ClN2O/c1-6(2)5-7(10)8(12)11-4-3-9/h6-7H,3-5,10H2,1-2H3,(H,11,12). The van der Waals surface area contributed by atoms with Crippen LogP contribution in [-0.4, -0.2) is 24.4 Å². The van der Waals surface area contributed by atoms with Gasteiger partial charge < -0.3 is 11.1 Å². The van der Waals surface area contributed by atoms with Crippen molar-refractivity contribution in [3.63, 3.8) is 0 Å². The molecular formula is C8H17ClN2O. The fourth-order valence-electron chi connectivity index (χ4n) is 0.916. The number of nitrogens with two attached hydrogens (primary N) is 1. The lowest BCUT2D eigenvalue weighted by atomic mass is 10.0. The van der Waals surface area contributed by atoms with E-state index in [1.807, 2.05) is 13.8 Å². The zero-order valence-electron chi connectivity index (χ0n) is 7.64. The first-order valence-corrected chi connectivity index (χ1v) is 4.70. The van der Waals surface area contributed by atoms with Gasteiger partial charge in [0.1, 0.15) is 0 Å². The van der Waals surface area contributed by atoms with Crippen molar-refractivity contribution in [3.05, 3.63) is 0 Å². The highest BCUT2D eigenvalue weighted by atomic mass is 35.5. The molecule has 0 bridgehead atoms. The fraction of sp³-hybridized carbons (Fsp3) is 0.875. The van der Waals surface area contributed by atoms with Gasteiger partial charge in [0, 0.05) is 12.4 Å².